The van der Waals surface area contributed by atoms with Gasteiger partial charge in [0.1, 0.15) is 0 Å². The van der Waals surface area contributed by atoms with Gasteiger partial charge >= 0.3 is 0 Å². The molecule has 1 N–H and O–H groups in total. The molecule has 0 aliphatic rings. The molecule has 0 fully saturated rings. The molecule has 1 unspecified atom stereocenters. The Hall–Kier alpha value is -1.39. The van der Waals surface area contributed by atoms with Gasteiger partial charge in [-0.25, -0.2) is 0 Å². The van der Waals surface area contributed by atoms with Crippen molar-refractivity contribution in [1.82, 2.24) is 0 Å². The highest BCUT2D eigenvalue weighted by Crippen LogP contribution is 2.07. The lowest BCUT2D eigenvalue weighted by Crippen LogP contribution is -2.33. The number of anilines is 1. The van der Waals surface area contributed by atoms with E-state index in [2.05, 4.69) is 5.32 Å². The minimum atomic E-state index is -0.833. The van der Waals surface area contributed by atoms with E-state index < -0.39 is 6.29 Å². The highest BCUT2D eigenvalue weighted by Gasteiger charge is 2.18. The van der Waals surface area contributed by atoms with E-state index in [1.165, 1.54) is 0 Å². The summed E-state index contributed by atoms with van der Waals surface area (Å²) in [5.74, 6) is -0.272. The fourth-order valence-electron chi connectivity index (χ4n) is 1.30. The van der Waals surface area contributed by atoms with Gasteiger partial charge in [-0.2, -0.15) is 0 Å². The van der Waals surface area contributed by atoms with Gasteiger partial charge in [0.25, 0.3) is 5.91 Å². The van der Waals surface area contributed by atoms with Crippen molar-refractivity contribution < 1.29 is 14.3 Å². The zero-order chi connectivity index (χ0) is 12.5. The summed E-state index contributed by atoms with van der Waals surface area (Å²) in [4.78, 5) is 11.8. The Morgan fingerprint density at radius 1 is 1.24 bits per heavy atom. The molecule has 0 heterocycles. The Morgan fingerprint density at radius 3 is 2.53 bits per heavy atom. The summed E-state index contributed by atoms with van der Waals surface area (Å²) in [5, 5.41) is 2.75. The maximum absolute atomic E-state index is 11.8. The standard InChI is InChI=1S/C13H19NO3/c1-3-10-17-13(16-4-2)12(15)14-11-8-6-5-7-9-11/h5-9,13H,3-4,10H2,1-2H3,(H,14,15). The van der Waals surface area contributed by atoms with Crippen LogP contribution in [-0.2, 0) is 14.3 Å². The van der Waals surface area contributed by atoms with Crippen molar-refractivity contribution in [3.63, 3.8) is 0 Å². The molecule has 1 aromatic rings. The molecule has 17 heavy (non-hydrogen) atoms. The summed E-state index contributed by atoms with van der Waals surface area (Å²) in [7, 11) is 0. The van der Waals surface area contributed by atoms with E-state index in [9.17, 15) is 4.79 Å². The monoisotopic (exact) mass is 237 g/mol. The molecule has 1 amide bonds. The van der Waals surface area contributed by atoms with Crippen LogP contribution in [0.3, 0.4) is 0 Å². The molecular formula is C13H19NO3. The molecule has 0 saturated carbocycles. The van der Waals surface area contributed by atoms with Crippen LogP contribution in [0.25, 0.3) is 0 Å². The second kappa shape index (κ2) is 7.81. The Balaban J connectivity index is 2.52. The maximum Gasteiger partial charge on any atom is 0.281 e. The van der Waals surface area contributed by atoms with E-state index in [-0.39, 0.29) is 5.91 Å². The van der Waals surface area contributed by atoms with Crippen LogP contribution < -0.4 is 5.32 Å². The zero-order valence-electron chi connectivity index (χ0n) is 10.3. The maximum atomic E-state index is 11.8. The molecule has 0 bridgehead atoms. The van der Waals surface area contributed by atoms with Crippen molar-refractivity contribution in [3.05, 3.63) is 30.3 Å². The molecule has 4 heteroatoms. The number of benzene rings is 1. The van der Waals surface area contributed by atoms with Gasteiger partial charge in [0.15, 0.2) is 0 Å². The van der Waals surface area contributed by atoms with Crippen molar-refractivity contribution >= 4 is 11.6 Å². The predicted molar refractivity (Wildman–Crippen MR) is 66.7 cm³/mol. The average molecular weight is 237 g/mol. The molecular weight excluding hydrogens is 218 g/mol. The van der Waals surface area contributed by atoms with E-state index in [0.717, 1.165) is 12.1 Å². The topological polar surface area (TPSA) is 47.6 Å². The lowest BCUT2D eigenvalue weighted by atomic mass is 10.3. The summed E-state index contributed by atoms with van der Waals surface area (Å²) in [6, 6.07) is 9.25. The second-order valence-electron chi connectivity index (χ2n) is 3.51. The van der Waals surface area contributed by atoms with Crippen molar-refractivity contribution in [2.75, 3.05) is 18.5 Å². The Bertz CT molecular complexity index is 327. The van der Waals surface area contributed by atoms with Crippen molar-refractivity contribution in [3.8, 4) is 0 Å². The molecule has 1 rings (SSSR count). The number of carbonyl (C=O) groups excluding carboxylic acids is 1. The molecule has 1 aromatic carbocycles. The van der Waals surface area contributed by atoms with Crippen LogP contribution in [0.2, 0.25) is 0 Å². The molecule has 0 aliphatic heterocycles. The van der Waals surface area contributed by atoms with Crippen molar-refractivity contribution in [2.45, 2.75) is 26.6 Å². The molecule has 0 aliphatic carbocycles. The van der Waals surface area contributed by atoms with Gasteiger partial charge < -0.3 is 14.8 Å². The summed E-state index contributed by atoms with van der Waals surface area (Å²) in [6.07, 6.45) is 0.0162. The fourth-order valence-corrected chi connectivity index (χ4v) is 1.30. The normalized spacial score (nSPS) is 12.1. The number of carbonyl (C=O) groups is 1. The average Bonchev–Trinajstić information content (AvgIpc) is 2.35. The summed E-state index contributed by atoms with van der Waals surface area (Å²) >= 11 is 0. The van der Waals surface area contributed by atoms with Crippen LogP contribution in [-0.4, -0.2) is 25.4 Å². The Morgan fingerprint density at radius 2 is 1.94 bits per heavy atom. The second-order valence-corrected chi connectivity index (χ2v) is 3.51. The largest absolute Gasteiger partial charge is 0.345 e. The molecule has 1 atom stereocenters. The van der Waals surface area contributed by atoms with Crippen LogP contribution in [0.15, 0.2) is 30.3 Å². The smallest absolute Gasteiger partial charge is 0.281 e. The van der Waals surface area contributed by atoms with Crippen LogP contribution in [0.1, 0.15) is 20.3 Å². The number of amides is 1. The first kappa shape index (κ1) is 13.7. The van der Waals surface area contributed by atoms with Crippen LogP contribution >= 0.6 is 0 Å². The Labute approximate surface area is 102 Å². The lowest BCUT2D eigenvalue weighted by Gasteiger charge is -2.16. The number of para-hydroxylation sites is 1. The van der Waals surface area contributed by atoms with Gasteiger partial charge in [-0.3, -0.25) is 4.79 Å². The summed E-state index contributed by atoms with van der Waals surface area (Å²) in [6.45, 7) is 4.76. The van der Waals surface area contributed by atoms with Crippen LogP contribution in [0.4, 0.5) is 5.69 Å². The van der Waals surface area contributed by atoms with Gasteiger partial charge in [0.05, 0.1) is 6.61 Å². The highest BCUT2D eigenvalue weighted by molar-refractivity contribution is 5.93. The van der Waals surface area contributed by atoms with Gasteiger partial charge in [-0.15, -0.1) is 0 Å². The van der Waals surface area contributed by atoms with E-state index in [4.69, 9.17) is 9.47 Å². The number of rotatable bonds is 7. The predicted octanol–water partition coefficient (Wildman–Crippen LogP) is 2.41. The van der Waals surface area contributed by atoms with Gasteiger partial charge in [-0.1, -0.05) is 25.1 Å². The highest BCUT2D eigenvalue weighted by atomic mass is 16.7. The van der Waals surface area contributed by atoms with E-state index in [0.29, 0.717) is 13.2 Å². The molecule has 0 aromatic heterocycles. The first-order valence-electron chi connectivity index (χ1n) is 5.87. The fraction of sp³-hybridized carbons (Fsp3) is 0.462. The zero-order valence-corrected chi connectivity index (χ0v) is 10.3. The first-order chi connectivity index (χ1) is 8.27. The van der Waals surface area contributed by atoms with Gasteiger partial charge in [0.2, 0.25) is 6.29 Å². The quantitative estimate of drug-likeness (QED) is 0.741. The van der Waals surface area contributed by atoms with E-state index in [1.807, 2.05) is 44.2 Å². The number of nitrogens with one attached hydrogen (secondary N) is 1. The molecule has 0 radical (unpaired) electrons. The summed E-state index contributed by atoms with van der Waals surface area (Å²) < 4.78 is 10.6. The Kier molecular flexibility index (Phi) is 6.29. The number of hydrogen-bond donors (Lipinski definition) is 1. The molecule has 0 spiro atoms. The third-order valence-electron chi connectivity index (χ3n) is 2.05. The number of hydrogen-bond acceptors (Lipinski definition) is 3. The SMILES string of the molecule is CCCOC(OCC)C(=O)Nc1ccccc1. The van der Waals surface area contributed by atoms with Gasteiger partial charge in [-0.05, 0) is 25.5 Å². The lowest BCUT2D eigenvalue weighted by molar-refractivity contribution is -0.166. The van der Waals surface area contributed by atoms with Crippen LogP contribution in [0, 0.1) is 0 Å². The van der Waals surface area contributed by atoms with Gasteiger partial charge in [0, 0.05) is 12.3 Å². The summed E-state index contributed by atoms with van der Waals surface area (Å²) in [5.41, 5.74) is 0.738. The molecule has 4 nitrogen and oxygen atoms in total. The first-order valence-corrected chi connectivity index (χ1v) is 5.87. The third-order valence-corrected chi connectivity index (χ3v) is 2.05. The molecule has 94 valence electrons. The van der Waals surface area contributed by atoms with Crippen molar-refractivity contribution in [2.24, 2.45) is 0 Å². The van der Waals surface area contributed by atoms with Crippen LogP contribution in [0.5, 0.6) is 0 Å². The third kappa shape index (κ3) is 4.97. The van der Waals surface area contributed by atoms with Crippen molar-refractivity contribution in [1.29, 1.82) is 0 Å². The molecule has 0 saturated heterocycles. The van der Waals surface area contributed by atoms with E-state index >= 15 is 0 Å². The number of ether oxygens (including phenoxy) is 2. The minimum Gasteiger partial charge on any atom is -0.345 e. The van der Waals surface area contributed by atoms with E-state index in [1.54, 1.807) is 0 Å². The minimum absolute atomic E-state index is 0.272.